The van der Waals surface area contributed by atoms with Crippen molar-refractivity contribution in [1.29, 1.82) is 0 Å². The molecule has 0 aromatic carbocycles. The lowest BCUT2D eigenvalue weighted by atomic mass is 9.46. The average Bonchev–Trinajstić information content (AvgIpc) is 3.10. The minimum absolute atomic E-state index is 0.0381. The maximum Gasteiger partial charge on any atom is 0.0594 e. The van der Waals surface area contributed by atoms with Crippen molar-refractivity contribution >= 4 is 0 Å². The molecule has 0 spiro atoms. The molecule has 1 N–H and O–H groups in total. The second-order valence-electron chi connectivity index (χ2n) is 14.7. The number of fused-ring (bicyclic) bond motifs is 4. The fraction of sp³-hybridized carbons (Fsp3) is 0.871. The fourth-order valence-electron chi connectivity index (χ4n) is 9.45. The Kier molecular flexibility index (Phi) is 5.81. The molecule has 2 heteroatoms. The summed E-state index contributed by atoms with van der Waals surface area (Å²) >= 11 is 0. The molecular weight excluding hydrogens is 402 g/mol. The SMILES string of the molecule is CC(CN1CCC(C)(C)CC1)C1CC=C2C3=C(CCC21C)C1(C)CCC(O)C(C)(C)C1CC3. The number of rotatable bonds is 3. The van der Waals surface area contributed by atoms with Crippen LogP contribution >= 0.6 is 0 Å². The molecule has 5 rings (SSSR count). The number of likely N-dealkylation sites (tertiary alicyclic amines) is 1. The summed E-state index contributed by atoms with van der Waals surface area (Å²) in [6.07, 6.45) is 13.8. The summed E-state index contributed by atoms with van der Waals surface area (Å²) in [7, 11) is 0. The highest BCUT2D eigenvalue weighted by Crippen LogP contribution is 2.66. The van der Waals surface area contributed by atoms with E-state index >= 15 is 0 Å². The van der Waals surface area contributed by atoms with E-state index in [1.807, 2.05) is 0 Å². The zero-order valence-electron chi connectivity index (χ0n) is 22.8. The summed E-state index contributed by atoms with van der Waals surface area (Å²) in [5.41, 5.74) is 6.57. The number of aliphatic hydroxyl groups is 1. The number of hydrogen-bond donors (Lipinski definition) is 1. The smallest absolute Gasteiger partial charge is 0.0594 e. The number of piperidine rings is 1. The Bertz CT molecular complexity index is 839. The van der Waals surface area contributed by atoms with Crippen molar-refractivity contribution in [2.24, 2.45) is 39.4 Å². The molecule has 0 aromatic heterocycles. The van der Waals surface area contributed by atoms with Gasteiger partial charge in [-0.3, -0.25) is 0 Å². The Balaban J connectivity index is 1.35. The average molecular weight is 454 g/mol. The zero-order chi connectivity index (χ0) is 23.8. The number of hydrogen-bond acceptors (Lipinski definition) is 2. The van der Waals surface area contributed by atoms with Gasteiger partial charge in [0.15, 0.2) is 0 Å². The van der Waals surface area contributed by atoms with Gasteiger partial charge in [0.05, 0.1) is 6.10 Å². The van der Waals surface area contributed by atoms with Crippen LogP contribution in [0.4, 0.5) is 0 Å². The largest absolute Gasteiger partial charge is 0.393 e. The van der Waals surface area contributed by atoms with Crippen LogP contribution < -0.4 is 0 Å². The summed E-state index contributed by atoms with van der Waals surface area (Å²) in [6, 6.07) is 0. The Labute approximate surface area is 204 Å². The monoisotopic (exact) mass is 453 g/mol. The molecule has 33 heavy (non-hydrogen) atoms. The lowest BCUT2D eigenvalue weighted by Gasteiger charge is -2.59. The normalized spacial score (nSPS) is 43.4. The number of allylic oxidation sites excluding steroid dienone is 4. The van der Waals surface area contributed by atoms with Crippen molar-refractivity contribution in [2.45, 2.75) is 112 Å². The summed E-state index contributed by atoms with van der Waals surface area (Å²) in [6.45, 7) is 21.2. The molecule has 0 amide bonds. The fourth-order valence-corrected chi connectivity index (χ4v) is 9.45. The zero-order valence-corrected chi connectivity index (χ0v) is 22.8. The van der Waals surface area contributed by atoms with E-state index in [0.717, 1.165) is 18.3 Å². The van der Waals surface area contributed by atoms with Gasteiger partial charge < -0.3 is 10.0 Å². The van der Waals surface area contributed by atoms with Gasteiger partial charge in [0.2, 0.25) is 0 Å². The van der Waals surface area contributed by atoms with Gasteiger partial charge in [0.25, 0.3) is 0 Å². The van der Waals surface area contributed by atoms with Gasteiger partial charge in [-0.1, -0.05) is 60.1 Å². The Morgan fingerprint density at radius 3 is 2.33 bits per heavy atom. The van der Waals surface area contributed by atoms with Gasteiger partial charge in [-0.05, 0) is 121 Å². The van der Waals surface area contributed by atoms with E-state index in [4.69, 9.17) is 0 Å². The van der Waals surface area contributed by atoms with Gasteiger partial charge in [-0.15, -0.1) is 0 Å². The van der Waals surface area contributed by atoms with E-state index in [9.17, 15) is 5.11 Å². The van der Waals surface area contributed by atoms with Crippen molar-refractivity contribution in [1.82, 2.24) is 4.90 Å². The summed E-state index contributed by atoms with van der Waals surface area (Å²) < 4.78 is 0. The predicted octanol–water partition coefficient (Wildman–Crippen LogP) is 7.38. The van der Waals surface area contributed by atoms with Gasteiger partial charge >= 0.3 is 0 Å². The maximum atomic E-state index is 10.8. The molecule has 0 bridgehead atoms. The first-order chi connectivity index (χ1) is 15.4. The molecule has 5 aliphatic rings. The van der Waals surface area contributed by atoms with E-state index < -0.39 is 0 Å². The van der Waals surface area contributed by atoms with Gasteiger partial charge in [0, 0.05) is 6.54 Å². The minimum Gasteiger partial charge on any atom is -0.393 e. The molecule has 6 unspecified atom stereocenters. The highest BCUT2D eigenvalue weighted by atomic mass is 16.3. The molecule has 2 nitrogen and oxygen atoms in total. The first-order valence-corrected chi connectivity index (χ1v) is 14.2. The maximum absolute atomic E-state index is 10.8. The molecule has 2 fully saturated rings. The van der Waals surface area contributed by atoms with E-state index in [1.165, 1.54) is 71.0 Å². The van der Waals surface area contributed by atoms with Crippen LogP contribution in [0.25, 0.3) is 0 Å². The van der Waals surface area contributed by atoms with Gasteiger partial charge in [-0.2, -0.15) is 0 Å². The van der Waals surface area contributed by atoms with Crippen molar-refractivity contribution in [2.75, 3.05) is 19.6 Å². The topological polar surface area (TPSA) is 23.5 Å². The Morgan fingerprint density at radius 2 is 1.64 bits per heavy atom. The molecule has 1 aliphatic heterocycles. The molecule has 1 saturated heterocycles. The first kappa shape index (κ1) is 24.1. The first-order valence-electron chi connectivity index (χ1n) is 14.2. The lowest BCUT2D eigenvalue weighted by Crippen LogP contribution is -2.53. The van der Waals surface area contributed by atoms with Crippen LogP contribution in [0.3, 0.4) is 0 Å². The van der Waals surface area contributed by atoms with E-state index in [2.05, 4.69) is 59.4 Å². The van der Waals surface area contributed by atoms with E-state index in [1.54, 1.807) is 16.7 Å². The van der Waals surface area contributed by atoms with Crippen LogP contribution in [0.15, 0.2) is 22.8 Å². The summed E-state index contributed by atoms with van der Waals surface area (Å²) in [5.74, 6) is 2.19. The van der Waals surface area contributed by atoms with Crippen LogP contribution in [0.2, 0.25) is 0 Å². The van der Waals surface area contributed by atoms with Crippen molar-refractivity contribution < 1.29 is 5.11 Å². The Morgan fingerprint density at radius 1 is 0.939 bits per heavy atom. The third-order valence-electron chi connectivity index (χ3n) is 11.9. The third kappa shape index (κ3) is 3.72. The van der Waals surface area contributed by atoms with Gasteiger partial charge in [0.1, 0.15) is 0 Å². The predicted molar refractivity (Wildman–Crippen MR) is 139 cm³/mol. The second-order valence-corrected chi connectivity index (χ2v) is 14.7. The molecule has 1 heterocycles. The van der Waals surface area contributed by atoms with Crippen molar-refractivity contribution in [3.63, 3.8) is 0 Å². The van der Waals surface area contributed by atoms with E-state index in [0.29, 0.717) is 22.2 Å². The van der Waals surface area contributed by atoms with Crippen molar-refractivity contribution in [3.8, 4) is 0 Å². The molecule has 186 valence electrons. The summed E-state index contributed by atoms with van der Waals surface area (Å²) in [4.78, 5) is 2.77. The van der Waals surface area contributed by atoms with Crippen LogP contribution in [0, 0.1) is 39.4 Å². The van der Waals surface area contributed by atoms with Crippen LogP contribution in [-0.4, -0.2) is 35.7 Å². The standard InChI is InChI=1S/C31H51NO/c1-21(20-32-18-16-28(2,3)17-19-32)23-9-10-24-22-8-11-26-29(4,5)27(33)13-15-31(26,7)25(22)12-14-30(23,24)6/h10,21,23,26-27,33H,8-9,11-20H2,1-7H3. The molecule has 0 aromatic rings. The number of aliphatic hydroxyl groups excluding tert-OH is 1. The molecule has 4 aliphatic carbocycles. The highest BCUT2D eigenvalue weighted by Gasteiger charge is 2.57. The van der Waals surface area contributed by atoms with Crippen LogP contribution in [0.5, 0.6) is 0 Å². The highest BCUT2D eigenvalue weighted by molar-refractivity contribution is 5.49. The minimum atomic E-state index is -0.136. The Hall–Kier alpha value is -0.600. The van der Waals surface area contributed by atoms with Crippen molar-refractivity contribution in [3.05, 3.63) is 22.8 Å². The van der Waals surface area contributed by atoms with Crippen LogP contribution in [-0.2, 0) is 0 Å². The quantitative estimate of drug-likeness (QED) is 0.482. The summed E-state index contributed by atoms with van der Waals surface area (Å²) in [5, 5.41) is 10.8. The third-order valence-corrected chi connectivity index (χ3v) is 11.9. The molecule has 0 radical (unpaired) electrons. The second kappa shape index (κ2) is 7.95. The molecule has 6 atom stereocenters. The lowest BCUT2D eigenvalue weighted by molar-refractivity contribution is -0.0905. The van der Waals surface area contributed by atoms with Crippen LogP contribution in [0.1, 0.15) is 106 Å². The molecule has 1 saturated carbocycles. The molecular formula is C31H51NO. The van der Waals surface area contributed by atoms with E-state index in [-0.39, 0.29) is 11.5 Å². The number of nitrogens with zero attached hydrogens (tertiary/aromatic N) is 1. The van der Waals surface area contributed by atoms with Gasteiger partial charge in [-0.25, -0.2) is 0 Å².